The molecule has 0 atom stereocenters. The lowest BCUT2D eigenvalue weighted by molar-refractivity contribution is -0.129. The molecule has 110 valence electrons. The van der Waals surface area contributed by atoms with Crippen molar-refractivity contribution in [2.24, 2.45) is 5.92 Å². The van der Waals surface area contributed by atoms with Crippen LogP contribution in [-0.2, 0) is 11.3 Å². The third-order valence-corrected chi connectivity index (χ3v) is 3.47. The topological polar surface area (TPSA) is 41.6 Å². The van der Waals surface area contributed by atoms with Crippen molar-refractivity contribution in [1.29, 1.82) is 0 Å². The van der Waals surface area contributed by atoms with Gasteiger partial charge in [0.1, 0.15) is 0 Å². The lowest BCUT2D eigenvalue weighted by Gasteiger charge is -2.18. The van der Waals surface area contributed by atoms with Crippen LogP contribution in [0.1, 0.15) is 18.4 Å². The molecule has 0 bridgehead atoms. The van der Waals surface area contributed by atoms with Crippen LogP contribution in [0, 0.1) is 11.7 Å². The molecule has 4 nitrogen and oxygen atoms in total. The number of hydrogen-bond donors (Lipinski definition) is 1. The van der Waals surface area contributed by atoms with Gasteiger partial charge in [-0.1, -0.05) is 6.07 Å². The van der Waals surface area contributed by atoms with Crippen molar-refractivity contribution in [1.82, 2.24) is 10.2 Å². The quantitative estimate of drug-likeness (QED) is 0.828. The van der Waals surface area contributed by atoms with E-state index in [-0.39, 0.29) is 11.7 Å². The Hall–Kier alpha value is -1.62. The monoisotopic (exact) mass is 280 g/mol. The van der Waals surface area contributed by atoms with Crippen LogP contribution in [0.25, 0.3) is 0 Å². The Labute approximate surface area is 118 Å². The molecule has 1 aliphatic carbocycles. The van der Waals surface area contributed by atoms with E-state index in [4.69, 9.17) is 4.74 Å². The van der Waals surface area contributed by atoms with Gasteiger partial charge in [-0.3, -0.25) is 4.79 Å². The Morgan fingerprint density at radius 3 is 2.85 bits per heavy atom. The van der Waals surface area contributed by atoms with Crippen molar-refractivity contribution < 1.29 is 13.9 Å². The summed E-state index contributed by atoms with van der Waals surface area (Å²) in [5.41, 5.74) is 0.751. The SMILES string of the molecule is COc1ccc(CN(C)C(=O)CNCC2CC2)cc1F. The van der Waals surface area contributed by atoms with Crippen LogP contribution in [0.4, 0.5) is 4.39 Å². The highest BCUT2D eigenvalue weighted by atomic mass is 19.1. The van der Waals surface area contributed by atoms with Gasteiger partial charge in [-0.15, -0.1) is 0 Å². The summed E-state index contributed by atoms with van der Waals surface area (Å²) in [6, 6.07) is 4.75. The van der Waals surface area contributed by atoms with Gasteiger partial charge in [-0.05, 0) is 43.0 Å². The molecule has 20 heavy (non-hydrogen) atoms. The maximum atomic E-state index is 13.6. The van der Waals surface area contributed by atoms with Crippen LogP contribution in [0.2, 0.25) is 0 Å². The summed E-state index contributed by atoms with van der Waals surface area (Å²) < 4.78 is 18.4. The summed E-state index contributed by atoms with van der Waals surface area (Å²) in [6.45, 7) is 1.65. The average molecular weight is 280 g/mol. The predicted octanol–water partition coefficient (Wildman–Crippen LogP) is 1.79. The number of nitrogens with one attached hydrogen (secondary N) is 1. The molecular formula is C15H21FN2O2. The lowest BCUT2D eigenvalue weighted by Crippen LogP contribution is -2.35. The van der Waals surface area contributed by atoms with E-state index in [9.17, 15) is 9.18 Å². The molecule has 0 aromatic heterocycles. The molecule has 0 unspecified atom stereocenters. The maximum absolute atomic E-state index is 13.6. The third kappa shape index (κ3) is 4.20. The first-order valence-corrected chi connectivity index (χ1v) is 6.87. The molecule has 1 aliphatic rings. The van der Waals surface area contributed by atoms with E-state index in [1.165, 1.54) is 26.0 Å². The van der Waals surface area contributed by atoms with Crippen LogP contribution < -0.4 is 10.1 Å². The molecule has 1 saturated carbocycles. The number of amides is 1. The van der Waals surface area contributed by atoms with Gasteiger partial charge in [-0.25, -0.2) is 4.39 Å². The Morgan fingerprint density at radius 2 is 2.25 bits per heavy atom. The zero-order chi connectivity index (χ0) is 14.5. The smallest absolute Gasteiger partial charge is 0.236 e. The Bertz CT molecular complexity index is 475. The van der Waals surface area contributed by atoms with Gasteiger partial charge in [0.15, 0.2) is 11.6 Å². The molecule has 1 aromatic rings. The number of methoxy groups -OCH3 is 1. The van der Waals surface area contributed by atoms with E-state index in [1.807, 2.05) is 0 Å². The maximum Gasteiger partial charge on any atom is 0.236 e. The van der Waals surface area contributed by atoms with Gasteiger partial charge >= 0.3 is 0 Å². The van der Waals surface area contributed by atoms with Gasteiger partial charge in [-0.2, -0.15) is 0 Å². The number of nitrogens with zero attached hydrogens (tertiary/aromatic N) is 1. The number of halogens is 1. The van der Waals surface area contributed by atoms with Crippen LogP contribution in [0.3, 0.4) is 0 Å². The van der Waals surface area contributed by atoms with Gasteiger partial charge in [0.05, 0.1) is 13.7 Å². The number of hydrogen-bond acceptors (Lipinski definition) is 3. The standard InChI is InChI=1S/C15H21FN2O2/c1-18(15(19)9-17-8-11-3-4-11)10-12-5-6-14(20-2)13(16)7-12/h5-7,11,17H,3-4,8-10H2,1-2H3. The highest BCUT2D eigenvalue weighted by Gasteiger charge is 2.21. The minimum absolute atomic E-state index is 0.0156. The zero-order valence-corrected chi connectivity index (χ0v) is 12.0. The summed E-state index contributed by atoms with van der Waals surface area (Å²) in [6.07, 6.45) is 2.53. The fraction of sp³-hybridized carbons (Fsp3) is 0.533. The van der Waals surface area contributed by atoms with Crippen LogP contribution in [0.5, 0.6) is 5.75 Å². The summed E-state index contributed by atoms with van der Waals surface area (Å²) >= 11 is 0. The molecule has 0 radical (unpaired) electrons. The Kier molecular flexibility index (Phi) is 4.95. The van der Waals surface area contributed by atoms with E-state index in [2.05, 4.69) is 5.32 Å². The largest absolute Gasteiger partial charge is 0.494 e. The molecule has 0 spiro atoms. The second-order valence-corrected chi connectivity index (χ2v) is 5.29. The first-order valence-electron chi connectivity index (χ1n) is 6.87. The molecule has 5 heteroatoms. The fourth-order valence-corrected chi connectivity index (χ4v) is 2.01. The van der Waals surface area contributed by atoms with E-state index in [0.717, 1.165) is 18.0 Å². The molecule has 0 aliphatic heterocycles. The van der Waals surface area contributed by atoms with Crippen molar-refractivity contribution in [3.63, 3.8) is 0 Å². The predicted molar refractivity (Wildman–Crippen MR) is 75.0 cm³/mol. The normalized spacial score (nSPS) is 14.2. The van der Waals surface area contributed by atoms with Gasteiger partial charge in [0.25, 0.3) is 0 Å². The van der Waals surface area contributed by atoms with Crippen LogP contribution in [0.15, 0.2) is 18.2 Å². The molecular weight excluding hydrogens is 259 g/mol. The highest BCUT2D eigenvalue weighted by molar-refractivity contribution is 5.77. The highest BCUT2D eigenvalue weighted by Crippen LogP contribution is 2.27. The Morgan fingerprint density at radius 1 is 1.50 bits per heavy atom. The fourth-order valence-electron chi connectivity index (χ4n) is 2.01. The van der Waals surface area contributed by atoms with Crippen molar-refractivity contribution in [2.75, 3.05) is 27.2 Å². The molecule has 1 aromatic carbocycles. The number of rotatable bonds is 7. The molecule has 0 heterocycles. The molecule has 0 saturated heterocycles. The first kappa shape index (κ1) is 14.8. The zero-order valence-electron chi connectivity index (χ0n) is 12.0. The minimum Gasteiger partial charge on any atom is -0.494 e. The second kappa shape index (κ2) is 6.70. The van der Waals surface area contributed by atoms with E-state index >= 15 is 0 Å². The van der Waals surface area contributed by atoms with Crippen LogP contribution in [-0.4, -0.2) is 38.1 Å². The molecule has 1 N–H and O–H groups in total. The van der Waals surface area contributed by atoms with E-state index in [0.29, 0.717) is 13.1 Å². The van der Waals surface area contributed by atoms with Crippen molar-refractivity contribution >= 4 is 5.91 Å². The molecule has 1 amide bonds. The lowest BCUT2D eigenvalue weighted by atomic mass is 10.2. The number of benzene rings is 1. The van der Waals surface area contributed by atoms with Gasteiger partial charge in [0, 0.05) is 13.6 Å². The van der Waals surface area contributed by atoms with Gasteiger partial charge < -0.3 is 15.0 Å². The summed E-state index contributed by atoms with van der Waals surface area (Å²) in [4.78, 5) is 13.5. The van der Waals surface area contributed by atoms with Crippen LogP contribution >= 0.6 is 0 Å². The van der Waals surface area contributed by atoms with Crippen molar-refractivity contribution in [3.8, 4) is 5.75 Å². The number of carbonyl (C=O) groups excluding carboxylic acids is 1. The summed E-state index contributed by atoms with van der Waals surface area (Å²) in [5.74, 6) is 0.581. The second-order valence-electron chi connectivity index (χ2n) is 5.29. The third-order valence-electron chi connectivity index (χ3n) is 3.47. The average Bonchev–Trinajstić information content (AvgIpc) is 3.23. The summed E-state index contributed by atoms with van der Waals surface area (Å²) in [5, 5.41) is 3.16. The number of likely N-dealkylation sites (N-methyl/N-ethyl adjacent to an activating group) is 1. The van der Waals surface area contributed by atoms with E-state index < -0.39 is 5.82 Å². The first-order chi connectivity index (χ1) is 9.60. The molecule has 1 fully saturated rings. The molecule has 2 rings (SSSR count). The minimum atomic E-state index is -0.405. The van der Waals surface area contributed by atoms with E-state index in [1.54, 1.807) is 24.1 Å². The number of carbonyl (C=O) groups is 1. The van der Waals surface area contributed by atoms with Crippen molar-refractivity contribution in [3.05, 3.63) is 29.6 Å². The van der Waals surface area contributed by atoms with Crippen molar-refractivity contribution in [2.45, 2.75) is 19.4 Å². The summed E-state index contributed by atoms with van der Waals surface area (Å²) in [7, 11) is 3.16. The van der Waals surface area contributed by atoms with Gasteiger partial charge in [0.2, 0.25) is 5.91 Å². The Balaban J connectivity index is 1.81. The number of ether oxygens (including phenoxy) is 1.